The SMILES string of the molecule is CNC(C(=O)NC(C(=O)N(C)C(/C=C(\C)C(=O)NS(=O)(=O)NCc1ccccc1C(F)(F)F)C(C)C)C(C)(C)C)C(C)(C)c1ccccc1. The van der Waals surface area contributed by atoms with Crippen LogP contribution in [0.15, 0.2) is 66.2 Å². The Balaban J connectivity index is 2.27. The minimum absolute atomic E-state index is 0.0457. The Morgan fingerprint density at radius 3 is 1.96 bits per heavy atom. The Labute approximate surface area is 288 Å². The molecule has 4 N–H and O–H groups in total. The maximum Gasteiger partial charge on any atom is 0.416 e. The number of hydrogen-bond acceptors (Lipinski definition) is 6. The second kappa shape index (κ2) is 16.3. The lowest BCUT2D eigenvalue weighted by Crippen LogP contribution is -2.61. The molecule has 0 saturated carbocycles. The standard InChI is InChI=1S/C35H50F3N5O5S/c1-22(2)27(20-23(3)30(44)42-49(47,48)40-21-24-16-14-15-19-26(24)35(36,37)38)43(10)32(46)29(33(4,5)6)41-31(45)28(39-9)34(7,8)25-17-12-11-13-18-25/h11-20,22,27-29,39-40H,21H2,1-10H3,(H,41,45)(H,42,44)/b23-20+. The molecule has 2 aromatic carbocycles. The number of nitrogens with one attached hydrogen (secondary N) is 4. The number of hydrogen-bond donors (Lipinski definition) is 4. The number of amides is 3. The highest BCUT2D eigenvalue weighted by molar-refractivity contribution is 7.88. The van der Waals surface area contributed by atoms with E-state index in [4.69, 9.17) is 0 Å². The molecule has 0 radical (unpaired) electrons. The van der Waals surface area contributed by atoms with Crippen LogP contribution in [0.1, 0.15) is 72.1 Å². The van der Waals surface area contributed by atoms with Crippen molar-refractivity contribution < 1.29 is 36.0 Å². The Bertz CT molecular complexity index is 1600. The largest absolute Gasteiger partial charge is 0.416 e. The van der Waals surface area contributed by atoms with E-state index in [1.807, 2.05) is 88.2 Å². The molecule has 2 aromatic rings. The molecule has 3 amide bonds. The van der Waals surface area contributed by atoms with Crippen molar-refractivity contribution >= 4 is 27.9 Å². The Kier molecular flexibility index (Phi) is 13.8. The van der Waals surface area contributed by atoms with Crippen LogP contribution in [0.2, 0.25) is 0 Å². The van der Waals surface area contributed by atoms with Crippen LogP contribution in [0.3, 0.4) is 0 Å². The predicted octanol–water partition coefficient (Wildman–Crippen LogP) is 4.68. The Morgan fingerprint density at radius 2 is 1.45 bits per heavy atom. The van der Waals surface area contributed by atoms with Crippen LogP contribution >= 0.6 is 0 Å². The van der Waals surface area contributed by atoms with E-state index in [9.17, 15) is 36.0 Å². The normalized spacial score (nSPS) is 14.9. The molecule has 0 spiro atoms. The molecule has 3 unspecified atom stereocenters. The zero-order valence-corrected chi connectivity index (χ0v) is 30.6. The summed E-state index contributed by atoms with van der Waals surface area (Å²) in [5.41, 5.74) is -1.79. The molecule has 2 rings (SSSR count). The first-order chi connectivity index (χ1) is 22.4. The van der Waals surface area contributed by atoms with Crippen molar-refractivity contribution in [2.24, 2.45) is 11.3 Å². The Hall–Kier alpha value is -3.75. The van der Waals surface area contributed by atoms with E-state index in [0.717, 1.165) is 17.7 Å². The third kappa shape index (κ3) is 11.1. The van der Waals surface area contributed by atoms with Gasteiger partial charge in [-0.3, -0.25) is 14.4 Å². The number of benzene rings is 2. The molecule has 3 atom stereocenters. The predicted molar refractivity (Wildman–Crippen MR) is 184 cm³/mol. The molecule has 49 heavy (non-hydrogen) atoms. The van der Waals surface area contributed by atoms with Crippen molar-refractivity contribution in [2.45, 2.75) is 91.7 Å². The van der Waals surface area contributed by atoms with Crippen LogP contribution in [-0.2, 0) is 42.7 Å². The molecular weight excluding hydrogens is 659 g/mol. The zero-order chi connectivity index (χ0) is 37.5. The first kappa shape index (κ1) is 41.4. The number of likely N-dealkylation sites (N-methyl/N-ethyl adjacent to an activating group) is 2. The van der Waals surface area contributed by atoms with E-state index in [0.29, 0.717) is 0 Å². The van der Waals surface area contributed by atoms with Crippen molar-refractivity contribution in [2.75, 3.05) is 14.1 Å². The molecule has 0 bridgehead atoms. The molecule has 14 heteroatoms. The van der Waals surface area contributed by atoms with Gasteiger partial charge in [0.1, 0.15) is 6.04 Å². The average molecular weight is 710 g/mol. The highest BCUT2D eigenvalue weighted by atomic mass is 32.2. The quantitative estimate of drug-likeness (QED) is 0.211. The topological polar surface area (TPSA) is 137 Å². The number of carbonyl (C=O) groups is 3. The minimum Gasteiger partial charge on any atom is -0.342 e. The molecule has 0 aliphatic heterocycles. The second-order valence-corrected chi connectivity index (χ2v) is 15.6. The van der Waals surface area contributed by atoms with E-state index in [1.165, 1.54) is 30.0 Å². The first-order valence-corrected chi connectivity index (χ1v) is 17.4. The molecule has 0 aromatic heterocycles. The van der Waals surface area contributed by atoms with Crippen molar-refractivity contribution in [1.82, 2.24) is 25.0 Å². The highest BCUT2D eigenvalue weighted by Crippen LogP contribution is 2.32. The second-order valence-electron chi connectivity index (χ2n) is 14.1. The van der Waals surface area contributed by atoms with Gasteiger partial charge in [0, 0.05) is 24.6 Å². The van der Waals surface area contributed by atoms with Gasteiger partial charge >= 0.3 is 16.4 Å². The summed E-state index contributed by atoms with van der Waals surface area (Å²) < 4.78 is 69.0. The molecule has 0 heterocycles. The number of halogens is 3. The molecule has 0 fully saturated rings. The third-order valence-corrected chi connectivity index (χ3v) is 9.43. The molecule has 10 nitrogen and oxygen atoms in total. The van der Waals surface area contributed by atoms with Crippen molar-refractivity contribution in [3.8, 4) is 0 Å². The van der Waals surface area contributed by atoms with E-state index >= 15 is 0 Å². The summed E-state index contributed by atoms with van der Waals surface area (Å²) in [5.74, 6) is -2.07. The third-order valence-electron chi connectivity index (χ3n) is 8.45. The van der Waals surface area contributed by atoms with E-state index < -0.39 is 69.3 Å². The summed E-state index contributed by atoms with van der Waals surface area (Å²) in [4.78, 5) is 42.2. The van der Waals surface area contributed by atoms with Gasteiger partial charge in [0.25, 0.3) is 5.91 Å². The van der Waals surface area contributed by atoms with Crippen LogP contribution in [-0.4, -0.2) is 63.3 Å². The van der Waals surface area contributed by atoms with Crippen LogP contribution in [0.5, 0.6) is 0 Å². The number of carbonyl (C=O) groups excluding carboxylic acids is 3. The fraction of sp³-hybridized carbons (Fsp3) is 0.514. The smallest absolute Gasteiger partial charge is 0.342 e. The lowest BCUT2D eigenvalue weighted by Gasteiger charge is -2.40. The summed E-state index contributed by atoms with van der Waals surface area (Å²) in [6, 6.07) is 11.7. The highest BCUT2D eigenvalue weighted by Gasteiger charge is 2.41. The van der Waals surface area contributed by atoms with Crippen LogP contribution in [0, 0.1) is 11.3 Å². The average Bonchev–Trinajstić information content (AvgIpc) is 3.00. The van der Waals surface area contributed by atoms with Crippen molar-refractivity contribution in [1.29, 1.82) is 0 Å². The van der Waals surface area contributed by atoms with Gasteiger partial charge in [-0.1, -0.05) is 103 Å². The maximum atomic E-state index is 14.1. The van der Waals surface area contributed by atoms with E-state index in [2.05, 4.69) is 10.6 Å². The van der Waals surface area contributed by atoms with Gasteiger partial charge in [-0.15, -0.1) is 0 Å². The van der Waals surface area contributed by atoms with Crippen LogP contribution < -0.4 is 20.1 Å². The van der Waals surface area contributed by atoms with Gasteiger partial charge in [-0.25, -0.2) is 4.72 Å². The molecule has 0 saturated heterocycles. The number of alkyl halides is 3. The van der Waals surface area contributed by atoms with Gasteiger partial charge in [0.15, 0.2) is 0 Å². The molecule has 0 aliphatic carbocycles. The van der Waals surface area contributed by atoms with Gasteiger partial charge in [0.05, 0.1) is 17.6 Å². The maximum absolute atomic E-state index is 14.1. The summed E-state index contributed by atoms with van der Waals surface area (Å²) in [6.07, 6.45) is -3.25. The lowest BCUT2D eigenvalue weighted by atomic mass is 9.76. The molecular formula is C35H50F3N5O5S. The van der Waals surface area contributed by atoms with Gasteiger partial charge in [-0.2, -0.15) is 26.3 Å². The summed E-state index contributed by atoms with van der Waals surface area (Å²) in [6.45, 7) is 13.6. The van der Waals surface area contributed by atoms with Crippen LogP contribution in [0.4, 0.5) is 13.2 Å². The minimum atomic E-state index is -4.69. The zero-order valence-electron chi connectivity index (χ0n) is 29.8. The Morgan fingerprint density at radius 1 is 0.898 bits per heavy atom. The molecule has 0 aliphatic rings. The van der Waals surface area contributed by atoms with Crippen LogP contribution in [0.25, 0.3) is 0 Å². The fourth-order valence-corrected chi connectivity index (χ4v) is 6.35. The lowest BCUT2D eigenvalue weighted by molar-refractivity contribution is -0.141. The van der Waals surface area contributed by atoms with Crippen molar-refractivity contribution in [3.05, 3.63) is 82.9 Å². The van der Waals surface area contributed by atoms with E-state index in [1.54, 1.807) is 14.1 Å². The number of rotatable bonds is 14. The van der Waals surface area contributed by atoms with Gasteiger partial charge in [0.2, 0.25) is 11.8 Å². The summed E-state index contributed by atoms with van der Waals surface area (Å²) in [5, 5.41) is 6.05. The van der Waals surface area contributed by atoms with Gasteiger partial charge in [-0.05, 0) is 42.5 Å². The van der Waals surface area contributed by atoms with Gasteiger partial charge < -0.3 is 15.5 Å². The fourth-order valence-electron chi connectivity index (χ4n) is 5.52. The monoisotopic (exact) mass is 709 g/mol. The summed E-state index contributed by atoms with van der Waals surface area (Å²) >= 11 is 0. The first-order valence-electron chi connectivity index (χ1n) is 15.9. The molecule has 272 valence electrons. The van der Waals surface area contributed by atoms with E-state index in [-0.39, 0.29) is 23.0 Å². The number of nitrogens with zero attached hydrogens (tertiary/aromatic N) is 1. The van der Waals surface area contributed by atoms with Crippen molar-refractivity contribution in [3.63, 3.8) is 0 Å². The summed E-state index contributed by atoms with van der Waals surface area (Å²) in [7, 11) is -1.34.